The highest BCUT2D eigenvalue weighted by Gasteiger charge is 2.25. The van der Waals surface area contributed by atoms with Crippen molar-refractivity contribution in [1.82, 2.24) is 4.90 Å². The van der Waals surface area contributed by atoms with Crippen LogP contribution in [0.1, 0.15) is 20.3 Å². The Kier molecular flexibility index (Phi) is 2.62. The summed E-state index contributed by atoms with van der Waals surface area (Å²) in [6.07, 6.45) is -0.109. The number of Topliss-reactive ketones (excluding diaryl/α,β-unsaturated/α-hetero) is 1. The van der Waals surface area contributed by atoms with Gasteiger partial charge in [0.15, 0.2) is 5.78 Å². The number of likely N-dealkylation sites (tertiary alicyclic amines) is 1. The maximum absolute atomic E-state index is 11.0. The van der Waals surface area contributed by atoms with Gasteiger partial charge in [-0.1, -0.05) is 0 Å². The number of hydrogen-bond donors (Lipinski definition) is 1. The van der Waals surface area contributed by atoms with Crippen molar-refractivity contribution in [2.24, 2.45) is 0 Å². The van der Waals surface area contributed by atoms with Gasteiger partial charge < -0.3 is 5.11 Å². The molecule has 1 rings (SSSR count). The molecule has 1 atom stereocenters. The van der Waals surface area contributed by atoms with E-state index < -0.39 is 6.10 Å². The van der Waals surface area contributed by atoms with E-state index >= 15 is 0 Å². The Labute approximate surface area is 67.0 Å². The van der Waals surface area contributed by atoms with Gasteiger partial charge in [-0.05, 0) is 20.3 Å². The van der Waals surface area contributed by atoms with Crippen LogP contribution < -0.4 is 0 Å². The number of aliphatic hydroxyl groups is 1. The molecule has 1 aliphatic heterocycles. The molecule has 1 fully saturated rings. The quantitative estimate of drug-likeness (QED) is 0.584. The number of carbonyl (C=O) groups is 1. The fraction of sp³-hybridized carbons (Fsp3) is 0.875. The van der Waals surface area contributed by atoms with E-state index in [1.54, 1.807) is 0 Å². The minimum Gasteiger partial charge on any atom is -0.385 e. The summed E-state index contributed by atoms with van der Waals surface area (Å²) in [5.74, 6) is -0.0371. The lowest BCUT2D eigenvalue weighted by Crippen LogP contribution is -2.46. The highest BCUT2D eigenvalue weighted by Crippen LogP contribution is 2.09. The molecule has 3 heteroatoms. The Morgan fingerprint density at radius 1 is 1.64 bits per heavy atom. The second-order valence-corrected chi connectivity index (χ2v) is 3.34. The van der Waals surface area contributed by atoms with Gasteiger partial charge in [0.05, 0.1) is 6.54 Å². The van der Waals surface area contributed by atoms with Crippen molar-refractivity contribution in [3.63, 3.8) is 0 Å². The number of rotatable bonds is 1. The zero-order valence-electron chi connectivity index (χ0n) is 7.08. The minimum absolute atomic E-state index is 0.0371. The van der Waals surface area contributed by atoms with Crippen LogP contribution in [0.4, 0.5) is 0 Å². The van der Waals surface area contributed by atoms with Gasteiger partial charge in [-0.15, -0.1) is 0 Å². The SMILES string of the molecule is CC(C)N1CCC(O)C(=O)C1. The molecule has 1 N–H and O–H groups in total. The number of piperidine rings is 1. The van der Waals surface area contributed by atoms with E-state index in [0.29, 0.717) is 19.0 Å². The Bertz CT molecular complexity index is 156. The molecule has 1 unspecified atom stereocenters. The molecule has 1 heterocycles. The first-order chi connectivity index (χ1) is 5.11. The lowest BCUT2D eigenvalue weighted by atomic mass is 10.1. The summed E-state index contributed by atoms with van der Waals surface area (Å²) in [4.78, 5) is 13.1. The van der Waals surface area contributed by atoms with E-state index in [9.17, 15) is 4.79 Å². The topological polar surface area (TPSA) is 40.5 Å². The first-order valence-corrected chi connectivity index (χ1v) is 4.06. The van der Waals surface area contributed by atoms with E-state index in [0.717, 1.165) is 6.54 Å². The van der Waals surface area contributed by atoms with Crippen LogP contribution in [0.15, 0.2) is 0 Å². The first kappa shape index (κ1) is 8.68. The Morgan fingerprint density at radius 2 is 2.27 bits per heavy atom. The third kappa shape index (κ3) is 2.01. The molecule has 0 aliphatic carbocycles. The summed E-state index contributed by atoms with van der Waals surface area (Å²) >= 11 is 0. The zero-order valence-corrected chi connectivity index (χ0v) is 7.08. The molecule has 11 heavy (non-hydrogen) atoms. The number of nitrogens with zero attached hydrogens (tertiary/aromatic N) is 1. The fourth-order valence-electron chi connectivity index (χ4n) is 1.27. The molecule has 0 aromatic heterocycles. The van der Waals surface area contributed by atoms with Crippen molar-refractivity contribution < 1.29 is 9.90 Å². The maximum Gasteiger partial charge on any atom is 0.175 e. The van der Waals surface area contributed by atoms with Gasteiger partial charge in [-0.25, -0.2) is 0 Å². The van der Waals surface area contributed by atoms with Crippen LogP contribution >= 0.6 is 0 Å². The third-order valence-electron chi connectivity index (χ3n) is 2.15. The summed E-state index contributed by atoms with van der Waals surface area (Å²) in [7, 11) is 0. The van der Waals surface area contributed by atoms with E-state index in [-0.39, 0.29) is 5.78 Å². The molecule has 1 saturated heterocycles. The van der Waals surface area contributed by atoms with Gasteiger partial charge in [0.2, 0.25) is 0 Å². The Morgan fingerprint density at radius 3 is 2.73 bits per heavy atom. The van der Waals surface area contributed by atoms with Gasteiger partial charge in [-0.2, -0.15) is 0 Å². The molecule has 0 bridgehead atoms. The van der Waals surface area contributed by atoms with E-state index in [2.05, 4.69) is 18.7 Å². The van der Waals surface area contributed by atoms with Crippen molar-refractivity contribution in [2.75, 3.05) is 13.1 Å². The molecule has 3 nitrogen and oxygen atoms in total. The molecule has 0 aromatic rings. The normalized spacial score (nSPS) is 28.0. The molecule has 0 radical (unpaired) electrons. The molecule has 64 valence electrons. The zero-order chi connectivity index (χ0) is 8.43. The van der Waals surface area contributed by atoms with Crippen LogP contribution in [0.5, 0.6) is 0 Å². The van der Waals surface area contributed by atoms with Crippen molar-refractivity contribution >= 4 is 5.78 Å². The number of hydrogen-bond acceptors (Lipinski definition) is 3. The number of ketones is 1. The summed E-state index contributed by atoms with van der Waals surface area (Å²) in [5.41, 5.74) is 0. The lowest BCUT2D eigenvalue weighted by molar-refractivity contribution is -0.132. The van der Waals surface area contributed by atoms with Gasteiger partial charge in [0.25, 0.3) is 0 Å². The van der Waals surface area contributed by atoms with E-state index in [4.69, 9.17) is 5.11 Å². The monoisotopic (exact) mass is 157 g/mol. The number of aliphatic hydroxyl groups excluding tert-OH is 1. The first-order valence-electron chi connectivity index (χ1n) is 4.06. The standard InChI is InChI=1S/C8H15NO2/c1-6(2)9-4-3-7(10)8(11)5-9/h6-7,10H,3-5H2,1-2H3. The molecular formula is C8H15NO2. The van der Waals surface area contributed by atoms with Crippen LogP contribution in [0.25, 0.3) is 0 Å². The molecule has 1 aliphatic rings. The fourth-order valence-corrected chi connectivity index (χ4v) is 1.27. The minimum atomic E-state index is -0.704. The number of carbonyl (C=O) groups excluding carboxylic acids is 1. The van der Waals surface area contributed by atoms with Crippen molar-refractivity contribution in [2.45, 2.75) is 32.4 Å². The lowest BCUT2D eigenvalue weighted by Gasteiger charge is -2.31. The van der Waals surface area contributed by atoms with Crippen molar-refractivity contribution in [3.05, 3.63) is 0 Å². The Balaban J connectivity index is 2.46. The van der Waals surface area contributed by atoms with Crippen LogP contribution in [0, 0.1) is 0 Å². The highest BCUT2D eigenvalue weighted by atomic mass is 16.3. The average molecular weight is 157 g/mol. The van der Waals surface area contributed by atoms with Crippen molar-refractivity contribution in [3.8, 4) is 0 Å². The summed E-state index contributed by atoms with van der Waals surface area (Å²) < 4.78 is 0. The second kappa shape index (κ2) is 3.32. The highest BCUT2D eigenvalue weighted by molar-refractivity contribution is 5.85. The summed E-state index contributed by atoms with van der Waals surface area (Å²) in [5, 5.41) is 9.10. The largest absolute Gasteiger partial charge is 0.385 e. The Hall–Kier alpha value is -0.410. The summed E-state index contributed by atoms with van der Waals surface area (Å²) in [6, 6.07) is 0.409. The van der Waals surface area contributed by atoms with Gasteiger partial charge in [0.1, 0.15) is 6.10 Å². The van der Waals surface area contributed by atoms with Crippen LogP contribution in [-0.4, -0.2) is 41.0 Å². The van der Waals surface area contributed by atoms with Gasteiger partial charge in [0, 0.05) is 12.6 Å². The van der Waals surface area contributed by atoms with Crippen LogP contribution in [0.3, 0.4) is 0 Å². The predicted molar refractivity (Wildman–Crippen MR) is 42.3 cm³/mol. The molecule has 0 aromatic carbocycles. The van der Waals surface area contributed by atoms with E-state index in [1.807, 2.05) is 0 Å². The third-order valence-corrected chi connectivity index (χ3v) is 2.15. The van der Waals surface area contributed by atoms with Gasteiger partial charge in [-0.3, -0.25) is 9.69 Å². The molecule has 0 spiro atoms. The smallest absolute Gasteiger partial charge is 0.175 e. The molecule has 0 saturated carbocycles. The average Bonchev–Trinajstić information content (AvgIpc) is 1.94. The maximum atomic E-state index is 11.0. The summed E-state index contributed by atoms with van der Waals surface area (Å²) in [6.45, 7) is 5.37. The van der Waals surface area contributed by atoms with Gasteiger partial charge >= 0.3 is 0 Å². The molecular weight excluding hydrogens is 142 g/mol. The van der Waals surface area contributed by atoms with Crippen molar-refractivity contribution in [1.29, 1.82) is 0 Å². The molecule has 0 amide bonds. The van der Waals surface area contributed by atoms with E-state index in [1.165, 1.54) is 0 Å². The predicted octanol–water partition coefficient (Wildman–Crippen LogP) is 0.0305. The van der Waals surface area contributed by atoms with Crippen LogP contribution in [-0.2, 0) is 4.79 Å². The second-order valence-electron chi connectivity index (χ2n) is 3.34. The van der Waals surface area contributed by atoms with Crippen LogP contribution in [0.2, 0.25) is 0 Å².